The van der Waals surface area contributed by atoms with Gasteiger partial charge in [0.1, 0.15) is 0 Å². The van der Waals surface area contributed by atoms with E-state index in [-0.39, 0.29) is 23.6 Å². The summed E-state index contributed by atoms with van der Waals surface area (Å²) in [5, 5.41) is 0. The monoisotopic (exact) mass is 251 g/mol. The highest BCUT2D eigenvalue weighted by Gasteiger charge is 2.35. The number of alkyl halides is 4. The van der Waals surface area contributed by atoms with E-state index in [4.69, 9.17) is 17.3 Å². The van der Waals surface area contributed by atoms with Crippen LogP contribution in [0.15, 0.2) is 18.2 Å². The fourth-order valence-electron chi connectivity index (χ4n) is 1.26. The number of rotatable bonds is 3. The largest absolute Gasteiger partial charge is 0.417 e. The Morgan fingerprint density at radius 3 is 2.50 bits per heavy atom. The minimum Gasteiger partial charge on any atom is -0.399 e. The highest BCUT2D eigenvalue weighted by Crippen LogP contribution is 2.33. The van der Waals surface area contributed by atoms with E-state index in [9.17, 15) is 18.0 Å². The molecule has 0 aromatic heterocycles. The standard InChI is InChI=1S/C10H9ClF3NO/c11-4-3-9(16)7-2-1-6(15)5-8(7)10(12,13)14/h1-2,5H,3-4,15H2. The molecular formula is C10H9ClF3NO. The van der Waals surface area contributed by atoms with Crippen LogP contribution in [-0.4, -0.2) is 11.7 Å². The number of ketones is 1. The van der Waals surface area contributed by atoms with Gasteiger partial charge in [0.2, 0.25) is 0 Å². The quantitative estimate of drug-likeness (QED) is 0.510. The highest BCUT2D eigenvalue weighted by molar-refractivity contribution is 6.19. The van der Waals surface area contributed by atoms with Crippen LogP contribution in [-0.2, 0) is 6.18 Å². The van der Waals surface area contributed by atoms with E-state index in [1.54, 1.807) is 0 Å². The number of Topliss-reactive ketones (excluding diaryl/α,β-unsaturated/α-hetero) is 1. The summed E-state index contributed by atoms with van der Waals surface area (Å²) < 4.78 is 37.8. The van der Waals surface area contributed by atoms with E-state index >= 15 is 0 Å². The van der Waals surface area contributed by atoms with Crippen LogP contribution < -0.4 is 5.73 Å². The smallest absolute Gasteiger partial charge is 0.399 e. The van der Waals surface area contributed by atoms with Crippen LogP contribution >= 0.6 is 11.6 Å². The fraction of sp³-hybridized carbons (Fsp3) is 0.300. The van der Waals surface area contributed by atoms with Crippen molar-refractivity contribution in [2.45, 2.75) is 12.6 Å². The lowest BCUT2D eigenvalue weighted by atomic mass is 10.0. The number of benzene rings is 1. The van der Waals surface area contributed by atoms with Gasteiger partial charge in [0, 0.05) is 23.6 Å². The summed E-state index contributed by atoms with van der Waals surface area (Å²) in [6.07, 6.45) is -4.72. The van der Waals surface area contributed by atoms with Gasteiger partial charge in [-0.3, -0.25) is 4.79 Å². The van der Waals surface area contributed by atoms with Gasteiger partial charge in [0.25, 0.3) is 0 Å². The van der Waals surface area contributed by atoms with Crippen molar-refractivity contribution in [3.05, 3.63) is 29.3 Å². The second-order valence-electron chi connectivity index (χ2n) is 3.16. The van der Waals surface area contributed by atoms with Gasteiger partial charge >= 0.3 is 6.18 Å². The first-order chi connectivity index (χ1) is 7.36. The lowest BCUT2D eigenvalue weighted by molar-refractivity contribution is -0.137. The Hall–Kier alpha value is -1.23. The number of hydrogen-bond donors (Lipinski definition) is 1. The maximum atomic E-state index is 12.6. The van der Waals surface area contributed by atoms with Crippen molar-refractivity contribution in [1.82, 2.24) is 0 Å². The normalized spacial score (nSPS) is 11.5. The van der Waals surface area contributed by atoms with Gasteiger partial charge in [-0.15, -0.1) is 11.6 Å². The zero-order valence-electron chi connectivity index (χ0n) is 8.14. The van der Waals surface area contributed by atoms with Crippen molar-refractivity contribution in [2.75, 3.05) is 11.6 Å². The Morgan fingerprint density at radius 1 is 1.38 bits per heavy atom. The molecule has 0 amide bonds. The van der Waals surface area contributed by atoms with Gasteiger partial charge in [-0.2, -0.15) is 13.2 Å². The van der Waals surface area contributed by atoms with Crippen molar-refractivity contribution in [1.29, 1.82) is 0 Å². The molecule has 0 saturated heterocycles. The molecule has 0 fully saturated rings. The number of carbonyl (C=O) groups is 1. The maximum absolute atomic E-state index is 12.6. The van der Waals surface area contributed by atoms with E-state index in [0.717, 1.165) is 12.1 Å². The number of nitrogen functional groups attached to an aromatic ring is 1. The Bertz CT molecular complexity index is 404. The van der Waals surface area contributed by atoms with Crippen LogP contribution in [0, 0.1) is 0 Å². The average molecular weight is 252 g/mol. The van der Waals surface area contributed by atoms with Gasteiger partial charge in [0.05, 0.1) is 5.56 Å². The molecule has 88 valence electrons. The molecule has 2 N–H and O–H groups in total. The van der Waals surface area contributed by atoms with E-state index in [1.165, 1.54) is 6.07 Å². The number of halogens is 4. The van der Waals surface area contributed by atoms with Crippen molar-refractivity contribution >= 4 is 23.1 Å². The van der Waals surface area contributed by atoms with Gasteiger partial charge < -0.3 is 5.73 Å². The molecule has 2 nitrogen and oxygen atoms in total. The lowest BCUT2D eigenvalue weighted by Crippen LogP contribution is -2.14. The highest BCUT2D eigenvalue weighted by atomic mass is 35.5. The van der Waals surface area contributed by atoms with Gasteiger partial charge in [-0.05, 0) is 18.2 Å². The summed E-state index contributed by atoms with van der Waals surface area (Å²) in [5.41, 5.74) is 3.83. The van der Waals surface area contributed by atoms with Crippen molar-refractivity contribution < 1.29 is 18.0 Å². The van der Waals surface area contributed by atoms with E-state index in [1.807, 2.05) is 0 Å². The van der Waals surface area contributed by atoms with E-state index in [2.05, 4.69) is 0 Å². The minimum absolute atomic E-state index is 0.0134. The predicted octanol–water partition coefficient (Wildman–Crippen LogP) is 3.10. The van der Waals surface area contributed by atoms with Crippen LogP contribution in [0.1, 0.15) is 22.3 Å². The first-order valence-electron chi connectivity index (χ1n) is 4.42. The molecule has 1 rings (SSSR count). The predicted molar refractivity (Wildman–Crippen MR) is 55.5 cm³/mol. The molecular weight excluding hydrogens is 243 g/mol. The van der Waals surface area contributed by atoms with Crippen molar-refractivity contribution in [3.8, 4) is 0 Å². The van der Waals surface area contributed by atoms with Crippen LogP contribution in [0.2, 0.25) is 0 Å². The Morgan fingerprint density at radius 2 is 2.00 bits per heavy atom. The van der Waals surface area contributed by atoms with E-state index < -0.39 is 17.5 Å². The molecule has 0 saturated carbocycles. The Kier molecular flexibility index (Phi) is 3.80. The summed E-state index contributed by atoms with van der Waals surface area (Å²) >= 11 is 5.32. The van der Waals surface area contributed by atoms with Crippen molar-refractivity contribution in [2.24, 2.45) is 0 Å². The molecule has 1 aromatic rings. The zero-order chi connectivity index (χ0) is 12.3. The Labute approximate surface area is 95.2 Å². The van der Waals surface area contributed by atoms with E-state index in [0.29, 0.717) is 0 Å². The molecule has 0 aliphatic carbocycles. The van der Waals surface area contributed by atoms with Crippen LogP contribution in [0.4, 0.5) is 18.9 Å². The fourth-order valence-corrected chi connectivity index (χ4v) is 1.43. The second-order valence-corrected chi connectivity index (χ2v) is 3.54. The summed E-state index contributed by atoms with van der Waals surface area (Å²) in [6.45, 7) is 0. The topological polar surface area (TPSA) is 43.1 Å². The molecule has 6 heteroatoms. The SMILES string of the molecule is Nc1ccc(C(=O)CCCl)c(C(F)(F)F)c1. The molecule has 0 unspecified atom stereocenters. The first kappa shape index (κ1) is 12.8. The summed E-state index contributed by atoms with van der Waals surface area (Å²) in [7, 11) is 0. The number of carbonyl (C=O) groups excluding carboxylic acids is 1. The second kappa shape index (κ2) is 4.74. The van der Waals surface area contributed by atoms with Crippen LogP contribution in [0.25, 0.3) is 0 Å². The molecule has 0 spiro atoms. The zero-order valence-corrected chi connectivity index (χ0v) is 8.90. The molecule has 0 aliphatic rings. The Balaban J connectivity index is 3.23. The third-order valence-electron chi connectivity index (χ3n) is 1.97. The molecule has 0 atom stereocenters. The van der Waals surface area contributed by atoms with Gasteiger partial charge in [0.15, 0.2) is 5.78 Å². The summed E-state index contributed by atoms with van der Waals surface area (Å²) in [5.74, 6) is -0.650. The minimum atomic E-state index is -4.59. The molecule has 1 aromatic carbocycles. The first-order valence-corrected chi connectivity index (χ1v) is 4.95. The molecule has 0 bridgehead atoms. The molecule has 16 heavy (non-hydrogen) atoms. The van der Waals surface area contributed by atoms with Crippen LogP contribution in [0.3, 0.4) is 0 Å². The average Bonchev–Trinajstić information content (AvgIpc) is 2.16. The summed E-state index contributed by atoms with van der Waals surface area (Å²) in [6, 6.07) is 3.09. The van der Waals surface area contributed by atoms with Gasteiger partial charge in [-0.1, -0.05) is 0 Å². The number of hydrogen-bond acceptors (Lipinski definition) is 2. The molecule has 0 heterocycles. The number of anilines is 1. The van der Waals surface area contributed by atoms with Crippen molar-refractivity contribution in [3.63, 3.8) is 0 Å². The number of nitrogens with two attached hydrogens (primary N) is 1. The van der Waals surface area contributed by atoms with Crippen LogP contribution in [0.5, 0.6) is 0 Å². The third-order valence-corrected chi connectivity index (χ3v) is 2.16. The van der Waals surface area contributed by atoms with Gasteiger partial charge in [-0.25, -0.2) is 0 Å². The molecule has 0 radical (unpaired) electrons. The molecule has 0 aliphatic heterocycles. The summed E-state index contributed by atoms with van der Waals surface area (Å²) in [4.78, 5) is 11.4. The lowest BCUT2D eigenvalue weighted by Gasteiger charge is -2.12. The maximum Gasteiger partial charge on any atom is 0.417 e. The third kappa shape index (κ3) is 2.88.